The SMILES string of the molecule is CC(C)(C)c1ccc(OC[C@@H]2Cn3c(nc4cc(N)ccc43)O2)c(Cl)n1. The van der Waals surface area contributed by atoms with E-state index in [2.05, 4.69) is 30.7 Å². The van der Waals surface area contributed by atoms with Crippen LogP contribution >= 0.6 is 11.6 Å². The lowest BCUT2D eigenvalue weighted by Gasteiger charge is -2.19. The monoisotopic (exact) mass is 372 g/mol. The maximum Gasteiger partial charge on any atom is 0.297 e. The van der Waals surface area contributed by atoms with E-state index >= 15 is 0 Å². The first-order valence-corrected chi connectivity index (χ1v) is 8.91. The summed E-state index contributed by atoms with van der Waals surface area (Å²) < 4.78 is 13.8. The molecular weight excluding hydrogens is 352 g/mol. The van der Waals surface area contributed by atoms with Crippen LogP contribution < -0.4 is 15.2 Å². The maximum absolute atomic E-state index is 6.28. The second kappa shape index (κ2) is 6.06. The fraction of sp³-hybridized carbons (Fsp3) is 0.368. The third-order valence-electron chi connectivity index (χ3n) is 4.40. The molecule has 1 aliphatic heterocycles. The Kier molecular flexibility index (Phi) is 3.95. The third kappa shape index (κ3) is 3.05. The van der Waals surface area contributed by atoms with Crippen LogP contribution in [0.25, 0.3) is 11.0 Å². The van der Waals surface area contributed by atoms with Crippen LogP contribution in [-0.2, 0) is 12.0 Å². The minimum atomic E-state index is -0.127. The van der Waals surface area contributed by atoms with Crippen molar-refractivity contribution in [2.24, 2.45) is 0 Å². The van der Waals surface area contributed by atoms with Crippen molar-refractivity contribution in [1.29, 1.82) is 0 Å². The number of hydrogen-bond donors (Lipinski definition) is 1. The van der Waals surface area contributed by atoms with Gasteiger partial charge in [0.2, 0.25) is 0 Å². The summed E-state index contributed by atoms with van der Waals surface area (Å²) in [5, 5.41) is 0.370. The van der Waals surface area contributed by atoms with E-state index < -0.39 is 0 Å². The standard InChI is InChI=1S/C19H21ClN4O2/c1-19(2,3)16-7-6-15(17(20)23-16)25-10-12-9-24-14-5-4-11(21)8-13(14)22-18(24)26-12/h4-8,12H,9-10,21H2,1-3H3/t12-/m0/s1. The minimum Gasteiger partial charge on any atom is -0.486 e. The van der Waals surface area contributed by atoms with E-state index in [9.17, 15) is 0 Å². The number of pyridine rings is 1. The van der Waals surface area contributed by atoms with Gasteiger partial charge in [-0.15, -0.1) is 0 Å². The van der Waals surface area contributed by atoms with Crippen LogP contribution in [0.4, 0.5) is 5.69 Å². The molecule has 2 N–H and O–H groups in total. The summed E-state index contributed by atoms with van der Waals surface area (Å²) in [4.78, 5) is 8.92. The molecule has 0 saturated carbocycles. The molecule has 1 aliphatic rings. The molecule has 0 radical (unpaired) electrons. The van der Waals surface area contributed by atoms with Gasteiger partial charge in [0.25, 0.3) is 6.01 Å². The van der Waals surface area contributed by atoms with Gasteiger partial charge in [-0.25, -0.2) is 4.98 Å². The summed E-state index contributed by atoms with van der Waals surface area (Å²) in [5.74, 6) is 0.561. The van der Waals surface area contributed by atoms with Crippen molar-refractivity contribution in [2.45, 2.75) is 38.8 Å². The van der Waals surface area contributed by atoms with Gasteiger partial charge in [0.05, 0.1) is 17.6 Å². The number of halogens is 1. The molecule has 0 amide bonds. The molecule has 136 valence electrons. The van der Waals surface area contributed by atoms with Crippen LogP contribution in [0.15, 0.2) is 30.3 Å². The lowest BCUT2D eigenvalue weighted by atomic mass is 9.92. The normalized spacial score (nSPS) is 16.5. The van der Waals surface area contributed by atoms with E-state index in [1.165, 1.54) is 0 Å². The molecule has 6 nitrogen and oxygen atoms in total. The Bertz CT molecular complexity index is 978. The number of rotatable bonds is 3. The van der Waals surface area contributed by atoms with Crippen LogP contribution in [0.3, 0.4) is 0 Å². The van der Waals surface area contributed by atoms with Gasteiger partial charge in [-0.2, -0.15) is 4.98 Å². The average molecular weight is 373 g/mol. The van der Waals surface area contributed by atoms with Crippen molar-refractivity contribution in [3.63, 3.8) is 0 Å². The highest BCUT2D eigenvalue weighted by atomic mass is 35.5. The number of hydrogen-bond acceptors (Lipinski definition) is 5. The van der Waals surface area contributed by atoms with Gasteiger partial charge < -0.3 is 15.2 Å². The van der Waals surface area contributed by atoms with E-state index in [0.29, 0.717) is 35.8 Å². The predicted molar refractivity (Wildman–Crippen MR) is 102 cm³/mol. The van der Waals surface area contributed by atoms with E-state index in [1.54, 1.807) is 0 Å². The van der Waals surface area contributed by atoms with Crippen molar-refractivity contribution in [3.05, 3.63) is 41.2 Å². The third-order valence-corrected chi connectivity index (χ3v) is 4.67. The first-order valence-electron chi connectivity index (χ1n) is 8.53. The zero-order valence-corrected chi connectivity index (χ0v) is 15.7. The molecule has 3 aromatic rings. The number of aromatic nitrogens is 3. The van der Waals surface area contributed by atoms with Gasteiger partial charge in [-0.1, -0.05) is 32.4 Å². The molecule has 1 aromatic carbocycles. The Hall–Kier alpha value is -2.47. The van der Waals surface area contributed by atoms with Crippen LogP contribution in [0, 0.1) is 0 Å². The number of nitrogen functional groups attached to an aromatic ring is 1. The summed E-state index contributed by atoms with van der Waals surface area (Å²) in [7, 11) is 0. The first kappa shape index (κ1) is 17.0. The van der Waals surface area contributed by atoms with E-state index in [1.807, 2.05) is 34.9 Å². The van der Waals surface area contributed by atoms with Crippen molar-refractivity contribution >= 4 is 28.3 Å². The largest absolute Gasteiger partial charge is 0.486 e. The fourth-order valence-electron chi connectivity index (χ4n) is 3.00. The lowest BCUT2D eigenvalue weighted by Crippen LogP contribution is -2.24. The highest BCUT2D eigenvalue weighted by Gasteiger charge is 2.27. The summed E-state index contributed by atoms with van der Waals surface area (Å²) in [6, 6.07) is 10.1. The van der Waals surface area contributed by atoms with Crippen LogP contribution in [-0.4, -0.2) is 27.2 Å². The molecule has 0 spiro atoms. The number of nitrogens with zero attached hydrogens (tertiary/aromatic N) is 3. The van der Waals surface area contributed by atoms with Gasteiger partial charge in [-0.05, 0) is 30.3 Å². The van der Waals surface area contributed by atoms with Crippen LogP contribution in [0.5, 0.6) is 11.8 Å². The quantitative estimate of drug-likeness (QED) is 0.559. The van der Waals surface area contributed by atoms with Gasteiger partial charge in [0.1, 0.15) is 6.61 Å². The number of fused-ring (bicyclic) bond motifs is 3. The fourth-order valence-corrected chi connectivity index (χ4v) is 3.21. The Morgan fingerprint density at radius 3 is 2.81 bits per heavy atom. The second-order valence-corrected chi connectivity index (χ2v) is 7.90. The van der Waals surface area contributed by atoms with Crippen molar-refractivity contribution in [2.75, 3.05) is 12.3 Å². The molecule has 26 heavy (non-hydrogen) atoms. The van der Waals surface area contributed by atoms with E-state index in [-0.39, 0.29) is 11.5 Å². The molecule has 0 fully saturated rings. The molecule has 0 aliphatic carbocycles. The number of nitrogens with two attached hydrogens (primary N) is 1. The summed E-state index contributed by atoms with van der Waals surface area (Å²) in [6.45, 7) is 7.32. The molecule has 4 rings (SSSR count). The second-order valence-electron chi connectivity index (χ2n) is 7.54. The van der Waals surface area contributed by atoms with E-state index in [4.69, 9.17) is 26.8 Å². The average Bonchev–Trinajstić information content (AvgIpc) is 3.09. The zero-order valence-electron chi connectivity index (χ0n) is 15.0. The number of imidazole rings is 1. The van der Waals surface area contributed by atoms with Crippen molar-refractivity contribution in [1.82, 2.24) is 14.5 Å². The highest BCUT2D eigenvalue weighted by Crippen LogP contribution is 2.31. The number of ether oxygens (including phenoxy) is 2. The molecule has 0 unspecified atom stereocenters. The molecule has 3 heterocycles. The van der Waals surface area contributed by atoms with Gasteiger partial charge in [0.15, 0.2) is 17.0 Å². The summed E-state index contributed by atoms with van der Waals surface area (Å²) >= 11 is 6.28. The van der Waals surface area contributed by atoms with Gasteiger partial charge >= 0.3 is 0 Å². The van der Waals surface area contributed by atoms with Gasteiger partial charge in [0, 0.05) is 16.8 Å². The zero-order chi connectivity index (χ0) is 18.5. The smallest absolute Gasteiger partial charge is 0.297 e. The number of benzene rings is 1. The molecular formula is C19H21ClN4O2. The Balaban J connectivity index is 1.45. The lowest BCUT2D eigenvalue weighted by molar-refractivity contribution is 0.143. The first-order chi connectivity index (χ1) is 12.3. The van der Waals surface area contributed by atoms with E-state index in [0.717, 1.165) is 16.7 Å². The van der Waals surface area contributed by atoms with Crippen LogP contribution in [0.1, 0.15) is 26.5 Å². The predicted octanol–water partition coefficient (Wildman–Crippen LogP) is 3.80. The number of anilines is 1. The molecule has 0 saturated heterocycles. The van der Waals surface area contributed by atoms with Gasteiger partial charge in [-0.3, -0.25) is 4.57 Å². The topological polar surface area (TPSA) is 75.2 Å². The Morgan fingerprint density at radius 1 is 1.27 bits per heavy atom. The Morgan fingerprint density at radius 2 is 2.08 bits per heavy atom. The molecule has 2 aromatic heterocycles. The summed E-state index contributed by atoms with van der Waals surface area (Å²) in [6.07, 6.45) is -0.127. The molecule has 7 heteroatoms. The van der Waals surface area contributed by atoms with Crippen LogP contribution in [0.2, 0.25) is 5.15 Å². The molecule has 0 bridgehead atoms. The minimum absolute atomic E-state index is 0.0591. The molecule has 1 atom stereocenters. The maximum atomic E-state index is 6.28. The highest BCUT2D eigenvalue weighted by molar-refractivity contribution is 6.30. The van der Waals surface area contributed by atoms with Crippen molar-refractivity contribution < 1.29 is 9.47 Å². The summed E-state index contributed by atoms with van der Waals surface area (Å²) in [5.41, 5.74) is 9.21. The van der Waals surface area contributed by atoms with Crippen molar-refractivity contribution in [3.8, 4) is 11.8 Å². The Labute approximate surface area is 156 Å².